The van der Waals surface area contributed by atoms with E-state index in [0.29, 0.717) is 17.5 Å². The van der Waals surface area contributed by atoms with Crippen molar-refractivity contribution in [1.29, 1.82) is 0 Å². The van der Waals surface area contributed by atoms with E-state index in [9.17, 15) is 9.90 Å². The Kier molecular flexibility index (Phi) is 3.47. The number of rotatable bonds is 2. The van der Waals surface area contributed by atoms with Gasteiger partial charge in [-0.25, -0.2) is 9.78 Å². The minimum absolute atomic E-state index is 0.353. The van der Waals surface area contributed by atoms with Crippen molar-refractivity contribution in [2.24, 2.45) is 11.8 Å². The number of carboxylic acid groups (broad SMARTS) is 1. The van der Waals surface area contributed by atoms with E-state index >= 15 is 0 Å². The number of fused-ring (bicyclic) bond motifs is 1. The van der Waals surface area contributed by atoms with Crippen molar-refractivity contribution in [2.45, 2.75) is 46.1 Å². The first-order chi connectivity index (χ1) is 9.99. The van der Waals surface area contributed by atoms with Gasteiger partial charge in [-0.05, 0) is 50.2 Å². The second-order valence-corrected chi connectivity index (χ2v) is 6.47. The molecule has 1 aromatic heterocycles. The second kappa shape index (κ2) is 5.17. The number of hydrogen-bond acceptors (Lipinski definition) is 2. The molecule has 3 unspecified atom stereocenters. The zero-order valence-corrected chi connectivity index (χ0v) is 12.8. The van der Waals surface area contributed by atoms with E-state index in [4.69, 9.17) is 0 Å². The van der Waals surface area contributed by atoms with Crippen LogP contribution in [0.3, 0.4) is 0 Å². The number of benzene rings is 1. The largest absolute Gasteiger partial charge is 0.478 e. The van der Waals surface area contributed by atoms with Gasteiger partial charge in [0.15, 0.2) is 0 Å². The minimum atomic E-state index is -0.876. The maximum absolute atomic E-state index is 11.6. The molecule has 1 fully saturated rings. The Hall–Kier alpha value is -1.84. The number of hydrogen-bond donors (Lipinski definition) is 1. The fourth-order valence-electron chi connectivity index (χ4n) is 3.88. The summed E-state index contributed by atoms with van der Waals surface area (Å²) in [7, 11) is 0. The third-order valence-corrected chi connectivity index (χ3v) is 4.83. The molecule has 1 N–H and O–H groups in total. The van der Waals surface area contributed by atoms with Crippen LogP contribution in [-0.2, 0) is 0 Å². The zero-order valence-electron chi connectivity index (χ0n) is 12.8. The highest BCUT2D eigenvalue weighted by atomic mass is 16.4. The lowest BCUT2D eigenvalue weighted by molar-refractivity contribution is 0.0698. The van der Waals surface area contributed by atoms with Gasteiger partial charge in [0.1, 0.15) is 5.82 Å². The van der Waals surface area contributed by atoms with Gasteiger partial charge < -0.3 is 9.67 Å². The molecule has 1 heterocycles. The Morgan fingerprint density at radius 1 is 1.33 bits per heavy atom. The molecule has 0 aliphatic heterocycles. The molecule has 0 bridgehead atoms. The number of aromatic nitrogens is 2. The number of imidazole rings is 1. The Bertz CT molecular complexity index is 689. The first-order valence-corrected chi connectivity index (χ1v) is 7.70. The van der Waals surface area contributed by atoms with E-state index in [-0.39, 0.29) is 0 Å². The van der Waals surface area contributed by atoms with Gasteiger partial charge in [-0.15, -0.1) is 0 Å². The molecule has 1 saturated carbocycles. The molecule has 3 atom stereocenters. The van der Waals surface area contributed by atoms with Crippen LogP contribution in [-0.4, -0.2) is 20.6 Å². The number of para-hydroxylation sites is 1. The predicted octanol–water partition coefficient (Wildman–Crippen LogP) is 4.04. The van der Waals surface area contributed by atoms with E-state index < -0.39 is 5.97 Å². The molecule has 1 aliphatic carbocycles. The van der Waals surface area contributed by atoms with Crippen LogP contribution in [0.2, 0.25) is 0 Å². The fourth-order valence-corrected chi connectivity index (χ4v) is 3.88. The van der Waals surface area contributed by atoms with Gasteiger partial charge in [0.05, 0.1) is 16.6 Å². The van der Waals surface area contributed by atoms with Gasteiger partial charge in [-0.1, -0.05) is 19.9 Å². The molecule has 0 radical (unpaired) electrons. The van der Waals surface area contributed by atoms with E-state index in [0.717, 1.165) is 29.2 Å². The Balaban J connectivity index is 2.18. The number of aryl methyl sites for hydroxylation is 1. The number of carboxylic acids is 1. The van der Waals surface area contributed by atoms with E-state index in [1.54, 1.807) is 12.1 Å². The normalized spacial score (nSPS) is 26.1. The molecule has 1 aliphatic rings. The lowest BCUT2D eigenvalue weighted by atomic mass is 9.79. The maximum atomic E-state index is 11.6. The molecule has 112 valence electrons. The van der Waals surface area contributed by atoms with Crippen molar-refractivity contribution >= 4 is 17.0 Å². The summed E-state index contributed by atoms with van der Waals surface area (Å²) in [4.78, 5) is 16.1. The predicted molar refractivity (Wildman–Crippen MR) is 82.6 cm³/mol. The van der Waals surface area contributed by atoms with Crippen molar-refractivity contribution in [3.8, 4) is 0 Å². The van der Waals surface area contributed by atoms with Crippen molar-refractivity contribution in [3.05, 3.63) is 29.6 Å². The van der Waals surface area contributed by atoms with Crippen LogP contribution in [0.4, 0.5) is 0 Å². The van der Waals surface area contributed by atoms with Gasteiger partial charge in [0.2, 0.25) is 0 Å². The van der Waals surface area contributed by atoms with Gasteiger partial charge in [-0.2, -0.15) is 0 Å². The molecule has 4 nitrogen and oxygen atoms in total. The fraction of sp³-hybridized carbons (Fsp3) is 0.529. The van der Waals surface area contributed by atoms with Crippen LogP contribution in [0, 0.1) is 18.8 Å². The standard InChI is InChI=1S/C17H22N2O2/c1-10-7-8-15(11(2)9-10)19-12(3)18-14-6-4-5-13(16(14)19)17(20)21/h4-6,10-11,15H,7-9H2,1-3H3,(H,20,21). The summed E-state index contributed by atoms with van der Waals surface area (Å²) < 4.78 is 2.18. The number of aromatic carboxylic acids is 1. The Morgan fingerprint density at radius 3 is 2.76 bits per heavy atom. The highest BCUT2D eigenvalue weighted by molar-refractivity contribution is 6.01. The molecular weight excluding hydrogens is 264 g/mol. The highest BCUT2D eigenvalue weighted by Gasteiger charge is 2.30. The molecule has 0 saturated heterocycles. The minimum Gasteiger partial charge on any atom is -0.478 e. The smallest absolute Gasteiger partial charge is 0.337 e. The van der Waals surface area contributed by atoms with Crippen LogP contribution < -0.4 is 0 Å². The lowest BCUT2D eigenvalue weighted by Gasteiger charge is -2.34. The summed E-state index contributed by atoms with van der Waals surface area (Å²) in [6.07, 6.45) is 3.49. The van der Waals surface area contributed by atoms with Gasteiger partial charge in [-0.3, -0.25) is 0 Å². The lowest BCUT2D eigenvalue weighted by Crippen LogP contribution is -2.25. The summed E-state index contributed by atoms with van der Waals surface area (Å²) in [5.41, 5.74) is 1.94. The SMILES string of the molecule is Cc1nc2cccc(C(=O)O)c2n1C1CCC(C)CC1C. The average Bonchev–Trinajstić information content (AvgIpc) is 2.74. The van der Waals surface area contributed by atoms with E-state index in [1.807, 2.05) is 13.0 Å². The van der Waals surface area contributed by atoms with Crippen molar-refractivity contribution < 1.29 is 9.90 Å². The second-order valence-electron chi connectivity index (χ2n) is 6.47. The van der Waals surface area contributed by atoms with Crippen LogP contribution in [0.15, 0.2) is 18.2 Å². The van der Waals surface area contributed by atoms with Crippen LogP contribution in [0.25, 0.3) is 11.0 Å². The van der Waals surface area contributed by atoms with E-state index in [1.165, 1.54) is 12.8 Å². The first-order valence-electron chi connectivity index (χ1n) is 7.70. The summed E-state index contributed by atoms with van der Waals surface area (Å²) >= 11 is 0. The summed E-state index contributed by atoms with van der Waals surface area (Å²) in [6, 6.07) is 5.71. The first kappa shape index (κ1) is 14.1. The van der Waals surface area contributed by atoms with Gasteiger partial charge >= 0.3 is 5.97 Å². The van der Waals surface area contributed by atoms with Gasteiger partial charge in [0.25, 0.3) is 0 Å². The summed E-state index contributed by atoms with van der Waals surface area (Å²) in [6.45, 7) is 6.56. The third-order valence-electron chi connectivity index (χ3n) is 4.83. The molecule has 0 spiro atoms. The monoisotopic (exact) mass is 286 g/mol. The topological polar surface area (TPSA) is 55.1 Å². The van der Waals surface area contributed by atoms with Crippen LogP contribution >= 0.6 is 0 Å². The van der Waals surface area contributed by atoms with Crippen molar-refractivity contribution in [3.63, 3.8) is 0 Å². The summed E-state index contributed by atoms with van der Waals surface area (Å²) in [5.74, 6) is 1.35. The number of carbonyl (C=O) groups is 1. The Labute approximate surface area is 124 Å². The molecular formula is C17H22N2O2. The number of nitrogens with zero attached hydrogens (tertiary/aromatic N) is 2. The average molecular weight is 286 g/mol. The third kappa shape index (κ3) is 2.33. The van der Waals surface area contributed by atoms with Crippen molar-refractivity contribution in [1.82, 2.24) is 9.55 Å². The molecule has 4 heteroatoms. The van der Waals surface area contributed by atoms with Gasteiger partial charge in [0, 0.05) is 6.04 Å². The molecule has 3 rings (SSSR count). The van der Waals surface area contributed by atoms with Crippen LogP contribution in [0.1, 0.15) is 55.3 Å². The van der Waals surface area contributed by atoms with E-state index in [2.05, 4.69) is 23.4 Å². The molecule has 2 aromatic rings. The molecule has 21 heavy (non-hydrogen) atoms. The van der Waals surface area contributed by atoms with Crippen molar-refractivity contribution in [2.75, 3.05) is 0 Å². The molecule has 1 aromatic carbocycles. The van der Waals surface area contributed by atoms with Crippen LogP contribution in [0.5, 0.6) is 0 Å². The quantitative estimate of drug-likeness (QED) is 0.906. The Morgan fingerprint density at radius 2 is 2.10 bits per heavy atom. The zero-order chi connectivity index (χ0) is 15.1. The maximum Gasteiger partial charge on any atom is 0.337 e. The summed E-state index contributed by atoms with van der Waals surface area (Å²) in [5, 5.41) is 9.48. The molecule has 0 amide bonds. The highest BCUT2D eigenvalue weighted by Crippen LogP contribution is 2.39.